The van der Waals surface area contributed by atoms with Gasteiger partial charge in [0.2, 0.25) is 0 Å². The maximum absolute atomic E-state index is 11.2. The highest BCUT2D eigenvalue weighted by atomic mass is 127. The number of nitrogens with zero attached hydrogens (tertiary/aromatic N) is 1. The van der Waals surface area contributed by atoms with Crippen molar-refractivity contribution in [3.8, 4) is 0 Å². The molecule has 110 valence electrons. The zero-order chi connectivity index (χ0) is 13.1. The van der Waals surface area contributed by atoms with Crippen molar-refractivity contribution in [2.75, 3.05) is 44.9 Å². The Morgan fingerprint density at radius 2 is 1.83 bits per heavy atom. The molecule has 6 nitrogen and oxygen atoms in total. The van der Waals surface area contributed by atoms with Crippen LogP contribution in [0.3, 0.4) is 0 Å². The molecule has 0 fully saturated rings. The van der Waals surface area contributed by atoms with Gasteiger partial charge < -0.3 is 15.4 Å². The van der Waals surface area contributed by atoms with Crippen LogP contribution in [-0.2, 0) is 14.6 Å². The van der Waals surface area contributed by atoms with Gasteiger partial charge in [0.15, 0.2) is 15.8 Å². The molecule has 0 saturated heterocycles. The second-order valence-corrected chi connectivity index (χ2v) is 5.83. The average molecular weight is 393 g/mol. The fourth-order valence-corrected chi connectivity index (χ4v) is 1.78. The summed E-state index contributed by atoms with van der Waals surface area (Å²) in [5.74, 6) is 0.886. The van der Waals surface area contributed by atoms with Crippen LogP contribution in [0, 0.1) is 0 Å². The zero-order valence-electron chi connectivity index (χ0n) is 11.2. The van der Waals surface area contributed by atoms with Crippen LogP contribution < -0.4 is 10.6 Å². The van der Waals surface area contributed by atoms with E-state index in [0.717, 1.165) is 0 Å². The first kappa shape index (κ1) is 20.2. The van der Waals surface area contributed by atoms with Crippen molar-refractivity contribution in [3.05, 3.63) is 0 Å². The molecule has 0 aromatic rings. The number of ether oxygens (including phenoxy) is 1. The second-order valence-electron chi connectivity index (χ2n) is 3.36. The molecule has 2 N–H and O–H groups in total. The highest BCUT2D eigenvalue weighted by Gasteiger charge is 2.06. The number of halogens is 1. The SMILES string of the molecule is CCOCCNC(=NC)NCCS(=O)(=O)CC.I. The van der Waals surface area contributed by atoms with Crippen LogP contribution in [0.5, 0.6) is 0 Å². The molecule has 0 aliphatic heterocycles. The van der Waals surface area contributed by atoms with Gasteiger partial charge in [-0.1, -0.05) is 6.92 Å². The normalized spacial score (nSPS) is 11.8. The van der Waals surface area contributed by atoms with E-state index in [1.807, 2.05) is 6.92 Å². The molecule has 0 aliphatic carbocycles. The Morgan fingerprint density at radius 1 is 1.22 bits per heavy atom. The first-order valence-corrected chi connectivity index (χ1v) is 7.60. The van der Waals surface area contributed by atoms with Gasteiger partial charge in [-0.2, -0.15) is 0 Å². The first-order valence-electron chi connectivity index (χ1n) is 5.78. The molecule has 0 aromatic heterocycles. The summed E-state index contributed by atoms with van der Waals surface area (Å²) in [5, 5.41) is 5.97. The molecule has 0 bridgehead atoms. The van der Waals surface area contributed by atoms with E-state index in [9.17, 15) is 8.42 Å². The monoisotopic (exact) mass is 393 g/mol. The summed E-state index contributed by atoms with van der Waals surface area (Å²) < 4.78 is 27.7. The molecule has 0 heterocycles. The molecular weight excluding hydrogens is 369 g/mol. The molecule has 0 amide bonds. The lowest BCUT2D eigenvalue weighted by Gasteiger charge is -2.11. The fourth-order valence-electron chi connectivity index (χ4n) is 1.08. The van der Waals surface area contributed by atoms with Crippen LogP contribution in [0.2, 0.25) is 0 Å². The Morgan fingerprint density at radius 3 is 2.33 bits per heavy atom. The summed E-state index contributed by atoms with van der Waals surface area (Å²) in [6.07, 6.45) is 0. The molecule has 18 heavy (non-hydrogen) atoms. The minimum absolute atomic E-state index is 0. The third kappa shape index (κ3) is 11.0. The van der Waals surface area contributed by atoms with E-state index in [4.69, 9.17) is 4.74 Å². The number of sulfone groups is 1. The van der Waals surface area contributed by atoms with Crippen molar-refractivity contribution in [1.82, 2.24) is 10.6 Å². The molecule has 8 heteroatoms. The summed E-state index contributed by atoms with van der Waals surface area (Å²) in [6, 6.07) is 0. The topological polar surface area (TPSA) is 79.8 Å². The largest absolute Gasteiger partial charge is 0.380 e. The molecule has 0 saturated carbocycles. The lowest BCUT2D eigenvalue weighted by atomic mass is 10.6. The van der Waals surface area contributed by atoms with Gasteiger partial charge >= 0.3 is 0 Å². The quantitative estimate of drug-likeness (QED) is 0.267. The van der Waals surface area contributed by atoms with Crippen LogP contribution in [0.1, 0.15) is 13.8 Å². The minimum Gasteiger partial charge on any atom is -0.380 e. The molecule has 0 aliphatic rings. The standard InChI is InChI=1S/C10H23N3O3S.HI/c1-4-16-8-6-12-10(11-3)13-7-9-17(14,15)5-2;/h4-9H2,1-3H3,(H2,11,12,13);1H. The van der Waals surface area contributed by atoms with Crippen molar-refractivity contribution in [3.63, 3.8) is 0 Å². The number of hydrogen-bond donors (Lipinski definition) is 2. The summed E-state index contributed by atoms with van der Waals surface area (Å²) in [5.41, 5.74) is 0. The van der Waals surface area contributed by atoms with Gasteiger partial charge in [0.1, 0.15) is 0 Å². The van der Waals surface area contributed by atoms with Crippen LogP contribution in [0.4, 0.5) is 0 Å². The predicted octanol–water partition coefficient (Wildman–Crippen LogP) is 0.241. The highest BCUT2D eigenvalue weighted by molar-refractivity contribution is 14.0. The number of hydrogen-bond acceptors (Lipinski definition) is 4. The number of guanidine groups is 1. The summed E-state index contributed by atoms with van der Waals surface area (Å²) in [7, 11) is -1.28. The summed E-state index contributed by atoms with van der Waals surface area (Å²) >= 11 is 0. The van der Waals surface area contributed by atoms with E-state index in [2.05, 4.69) is 15.6 Å². The van der Waals surface area contributed by atoms with E-state index in [-0.39, 0.29) is 35.5 Å². The Kier molecular flexibility index (Phi) is 13.5. The maximum atomic E-state index is 11.2. The Bertz CT molecular complexity index is 320. The smallest absolute Gasteiger partial charge is 0.191 e. The van der Waals surface area contributed by atoms with Crippen LogP contribution in [-0.4, -0.2) is 59.2 Å². The average Bonchev–Trinajstić information content (AvgIpc) is 2.32. The van der Waals surface area contributed by atoms with Crippen molar-refractivity contribution in [2.24, 2.45) is 4.99 Å². The molecule has 0 rings (SSSR count). The Hall–Kier alpha value is -0.0900. The third-order valence-electron chi connectivity index (χ3n) is 2.11. The Labute approximate surface area is 127 Å². The van der Waals surface area contributed by atoms with Crippen molar-refractivity contribution < 1.29 is 13.2 Å². The van der Waals surface area contributed by atoms with E-state index in [1.165, 1.54) is 0 Å². The predicted molar refractivity (Wildman–Crippen MR) is 85.6 cm³/mol. The van der Waals surface area contributed by atoms with Crippen molar-refractivity contribution >= 4 is 39.8 Å². The van der Waals surface area contributed by atoms with E-state index >= 15 is 0 Å². The van der Waals surface area contributed by atoms with Gasteiger partial charge in [0, 0.05) is 32.5 Å². The van der Waals surface area contributed by atoms with Crippen molar-refractivity contribution in [1.29, 1.82) is 0 Å². The van der Waals surface area contributed by atoms with Gasteiger partial charge in [-0.3, -0.25) is 4.99 Å². The fraction of sp³-hybridized carbons (Fsp3) is 0.900. The lowest BCUT2D eigenvalue weighted by molar-refractivity contribution is 0.152. The van der Waals surface area contributed by atoms with Crippen molar-refractivity contribution in [2.45, 2.75) is 13.8 Å². The van der Waals surface area contributed by atoms with E-state index in [0.29, 0.717) is 32.3 Å². The van der Waals surface area contributed by atoms with E-state index in [1.54, 1.807) is 14.0 Å². The molecular formula is C10H24IN3O3S. The molecule has 0 unspecified atom stereocenters. The van der Waals surface area contributed by atoms with Gasteiger partial charge in [-0.15, -0.1) is 24.0 Å². The van der Waals surface area contributed by atoms with Crippen LogP contribution >= 0.6 is 24.0 Å². The van der Waals surface area contributed by atoms with Gasteiger partial charge in [0.25, 0.3) is 0 Å². The molecule has 0 aromatic carbocycles. The van der Waals surface area contributed by atoms with Gasteiger partial charge in [-0.25, -0.2) is 8.42 Å². The Balaban J connectivity index is 0. The number of aliphatic imine (C=N–C) groups is 1. The summed E-state index contributed by atoms with van der Waals surface area (Å²) in [4.78, 5) is 3.98. The maximum Gasteiger partial charge on any atom is 0.191 e. The highest BCUT2D eigenvalue weighted by Crippen LogP contribution is 1.86. The first-order chi connectivity index (χ1) is 8.05. The second kappa shape index (κ2) is 12.0. The van der Waals surface area contributed by atoms with E-state index < -0.39 is 9.84 Å². The molecule has 0 atom stereocenters. The van der Waals surface area contributed by atoms with Gasteiger partial charge in [-0.05, 0) is 6.92 Å². The lowest BCUT2D eigenvalue weighted by Crippen LogP contribution is -2.41. The number of rotatable bonds is 8. The summed E-state index contributed by atoms with van der Waals surface area (Å²) in [6.45, 7) is 5.87. The van der Waals surface area contributed by atoms with Crippen LogP contribution in [0.25, 0.3) is 0 Å². The molecule has 0 radical (unpaired) electrons. The van der Waals surface area contributed by atoms with Crippen LogP contribution in [0.15, 0.2) is 4.99 Å². The number of nitrogens with one attached hydrogen (secondary N) is 2. The third-order valence-corrected chi connectivity index (χ3v) is 3.82. The zero-order valence-corrected chi connectivity index (χ0v) is 14.4. The molecule has 0 spiro atoms. The minimum atomic E-state index is -2.92. The van der Waals surface area contributed by atoms with Gasteiger partial charge in [0.05, 0.1) is 12.4 Å².